The van der Waals surface area contributed by atoms with Gasteiger partial charge in [-0.2, -0.15) is 0 Å². The van der Waals surface area contributed by atoms with Crippen molar-refractivity contribution in [2.75, 3.05) is 0 Å². The smallest absolute Gasteiger partial charge is 0.328 e. The van der Waals surface area contributed by atoms with E-state index in [0.29, 0.717) is 12.2 Å². The summed E-state index contributed by atoms with van der Waals surface area (Å²) < 4.78 is 11.7. The Bertz CT molecular complexity index is 1740. The van der Waals surface area contributed by atoms with Crippen LogP contribution in [0.4, 0.5) is 0 Å². The third-order valence-electron chi connectivity index (χ3n) is 7.28. The number of phenols is 6. The molecular formula is C30H26O14. The van der Waals surface area contributed by atoms with E-state index in [4.69, 9.17) is 14.6 Å². The lowest BCUT2D eigenvalue weighted by Crippen LogP contribution is -2.39. The fourth-order valence-electron chi connectivity index (χ4n) is 5.35. The molecule has 3 aromatic carbocycles. The normalized spacial score (nSPS) is 21.2. The molecule has 0 spiro atoms. The van der Waals surface area contributed by atoms with Gasteiger partial charge in [0.2, 0.25) is 0 Å². The summed E-state index contributed by atoms with van der Waals surface area (Å²) in [5.41, 5.74) is -0.634. The lowest BCUT2D eigenvalue weighted by Gasteiger charge is -2.34. The predicted molar refractivity (Wildman–Crippen MR) is 148 cm³/mol. The molecule has 0 bridgehead atoms. The van der Waals surface area contributed by atoms with Crippen LogP contribution in [0.5, 0.6) is 46.0 Å². The van der Waals surface area contributed by atoms with Gasteiger partial charge in [0.05, 0.1) is 17.8 Å². The molecule has 0 radical (unpaired) electrons. The number of carbonyl (C=O) groups is 2. The summed E-state index contributed by atoms with van der Waals surface area (Å²) in [4.78, 5) is 22.6. The number of rotatable bonds is 6. The highest BCUT2D eigenvalue weighted by Crippen LogP contribution is 2.53. The van der Waals surface area contributed by atoms with Crippen molar-refractivity contribution in [2.24, 2.45) is 0 Å². The minimum atomic E-state index is -1.52. The van der Waals surface area contributed by atoms with Crippen LogP contribution >= 0.6 is 0 Å². The highest BCUT2D eigenvalue weighted by molar-refractivity contribution is 5.87. The molecule has 0 fully saturated rings. The Balaban J connectivity index is 1.64. The van der Waals surface area contributed by atoms with E-state index in [0.717, 1.165) is 24.3 Å². The first-order chi connectivity index (χ1) is 20.7. The second-order valence-corrected chi connectivity index (χ2v) is 10.2. The molecular weight excluding hydrogens is 584 g/mol. The molecule has 0 amide bonds. The molecule has 2 heterocycles. The van der Waals surface area contributed by atoms with Gasteiger partial charge in [-0.25, -0.2) is 9.59 Å². The molecule has 2 aliphatic rings. The largest absolute Gasteiger partial charge is 0.508 e. The summed E-state index contributed by atoms with van der Waals surface area (Å²) >= 11 is 0. The summed E-state index contributed by atoms with van der Waals surface area (Å²) in [5, 5.41) is 103. The average molecular weight is 611 g/mol. The Kier molecular flexibility index (Phi) is 7.63. The van der Waals surface area contributed by atoms with Gasteiger partial charge in [0.15, 0.2) is 17.6 Å². The van der Waals surface area contributed by atoms with E-state index in [1.165, 1.54) is 12.1 Å². The second-order valence-electron chi connectivity index (χ2n) is 10.2. The van der Waals surface area contributed by atoms with Gasteiger partial charge in [-0.05, 0) is 23.8 Å². The number of aliphatic hydroxyl groups excluding tert-OH is 2. The Labute approximate surface area is 247 Å². The van der Waals surface area contributed by atoms with E-state index in [9.17, 15) is 55.5 Å². The topological polar surface area (TPSA) is 255 Å². The number of hydrogen-bond donors (Lipinski definition) is 10. The monoisotopic (exact) mass is 610 g/mol. The number of carboxylic acid groups (broad SMARTS) is 2. The van der Waals surface area contributed by atoms with E-state index in [1.807, 2.05) is 0 Å². The minimum absolute atomic E-state index is 0.0455. The maximum absolute atomic E-state index is 11.5. The zero-order valence-electron chi connectivity index (χ0n) is 22.4. The number of fused-ring (bicyclic) bond motifs is 2. The van der Waals surface area contributed by atoms with Crippen molar-refractivity contribution in [2.45, 2.75) is 37.3 Å². The van der Waals surface area contributed by atoms with Crippen molar-refractivity contribution in [3.63, 3.8) is 0 Å². The number of hydrogen-bond acceptors (Lipinski definition) is 12. The van der Waals surface area contributed by atoms with Gasteiger partial charge in [0.1, 0.15) is 40.6 Å². The number of aliphatic carboxylic acids is 2. The van der Waals surface area contributed by atoms with Gasteiger partial charge < -0.3 is 60.5 Å². The summed E-state index contributed by atoms with van der Waals surface area (Å²) in [6, 6.07) is 5.53. The van der Waals surface area contributed by atoms with Crippen LogP contribution in [0.15, 0.2) is 54.1 Å². The molecule has 0 unspecified atom stereocenters. The lowest BCUT2D eigenvalue weighted by molar-refractivity contribution is -0.132. The maximum atomic E-state index is 11.5. The van der Waals surface area contributed by atoms with Crippen LogP contribution < -0.4 is 9.47 Å². The van der Waals surface area contributed by atoms with E-state index in [1.54, 1.807) is 0 Å². The van der Waals surface area contributed by atoms with Gasteiger partial charge >= 0.3 is 11.9 Å². The molecule has 4 atom stereocenters. The van der Waals surface area contributed by atoms with Gasteiger partial charge in [-0.1, -0.05) is 0 Å². The van der Waals surface area contributed by atoms with E-state index < -0.39 is 59.4 Å². The summed E-state index contributed by atoms with van der Waals surface area (Å²) in [6.45, 7) is 0. The van der Waals surface area contributed by atoms with Crippen molar-refractivity contribution in [1.29, 1.82) is 0 Å². The van der Waals surface area contributed by atoms with Crippen molar-refractivity contribution in [3.05, 3.63) is 70.8 Å². The summed E-state index contributed by atoms with van der Waals surface area (Å²) in [6.07, 6.45) is -3.87. The highest BCUT2D eigenvalue weighted by atomic mass is 16.5. The van der Waals surface area contributed by atoms with Gasteiger partial charge in [-0.15, -0.1) is 0 Å². The van der Waals surface area contributed by atoms with E-state index in [2.05, 4.69) is 0 Å². The van der Waals surface area contributed by atoms with Gasteiger partial charge in [0, 0.05) is 65.5 Å². The maximum Gasteiger partial charge on any atom is 0.328 e. The standard InChI is InChI=1S/C30H26O14/c31-13-6-17(32)14-8-21(36)29(43-23(14)7-13)12-3-16(27(42)20(35)4-12)26-19(34)10-18(33)15-9-22(37)28(44-30(15)26)11(5-25(40)41)1-2-24(38)39/h1-7,10,21-22,28-29,31-37,42H,8-9H2,(H,38,39)(H,40,41)/b2-1-,11-5-/t21-,22-,28+,29+/m0/s1. The minimum Gasteiger partial charge on any atom is -0.508 e. The SMILES string of the molecule is O=C(O)/C=C\C(=C\C(=O)O)[C@H]1Oc2c(c(O)cc(O)c2-c2cc([C@H]3Oc4cc(O)cc(O)c4C[C@@H]3O)cc(O)c2O)C[C@@H]1O. The van der Waals surface area contributed by atoms with Crippen LogP contribution in [0.2, 0.25) is 0 Å². The number of phenolic OH excluding ortho intramolecular Hbond substituents is 6. The van der Waals surface area contributed by atoms with Crippen molar-refractivity contribution < 1.29 is 70.1 Å². The average Bonchev–Trinajstić information content (AvgIpc) is 2.93. The van der Waals surface area contributed by atoms with E-state index in [-0.39, 0.29) is 69.2 Å². The fourth-order valence-corrected chi connectivity index (χ4v) is 5.35. The molecule has 0 saturated heterocycles. The van der Waals surface area contributed by atoms with E-state index >= 15 is 0 Å². The van der Waals surface area contributed by atoms with Crippen LogP contribution in [0, 0.1) is 0 Å². The van der Waals surface area contributed by atoms with Gasteiger partial charge in [0.25, 0.3) is 0 Å². The van der Waals surface area contributed by atoms with Crippen LogP contribution in [0.3, 0.4) is 0 Å². The molecule has 0 aliphatic carbocycles. The Morgan fingerprint density at radius 3 is 2.09 bits per heavy atom. The van der Waals surface area contributed by atoms with Crippen molar-refractivity contribution in [3.8, 4) is 57.1 Å². The number of ether oxygens (including phenoxy) is 2. The fraction of sp³-hybridized carbons (Fsp3) is 0.200. The third kappa shape index (κ3) is 5.46. The molecule has 0 aromatic heterocycles. The highest BCUT2D eigenvalue weighted by Gasteiger charge is 2.38. The number of aromatic hydroxyl groups is 6. The first kappa shape index (κ1) is 29.9. The first-order valence-electron chi connectivity index (χ1n) is 13.0. The quantitative estimate of drug-likeness (QED) is 0.109. The molecule has 14 nitrogen and oxygen atoms in total. The van der Waals surface area contributed by atoms with Crippen LogP contribution in [0.1, 0.15) is 22.8 Å². The van der Waals surface area contributed by atoms with Crippen molar-refractivity contribution in [1.82, 2.24) is 0 Å². The van der Waals surface area contributed by atoms with Crippen LogP contribution in [0.25, 0.3) is 11.1 Å². The molecule has 5 rings (SSSR count). The molecule has 10 N–H and O–H groups in total. The molecule has 0 saturated carbocycles. The van der Waals surface area contributed by atoms with Crippen molar-refractivity contribution >= 4 is 11.9 Å². The Morgan fingerprint density at radius 2 is 1.41 bits per heavy atom. The predicted octanol–water partition coefficient (Wildman–Crippen LogP) is 1.94. The molecule has 3 aromatic rings. The summed E-state index contributed by atoms with van der Waals surface area (Å²) in [7, 11) is 0. The zero-order valence-corrected chi connectivity index (χ0v) is 22.4. The Morgan fingerprint density at radius 1 is 0.727 bits per heavy atom. The molecule has 2 aliphatic heterocycles. The molecule has 44 heavy (non-hydrogen) atoms. The number of benzene rings is 3. The molecule has 230 valence electrons. The van der Waals surface area contributed by atoms with Gasteiger partial charge in [-0.3, -0.25) is 0 Å². The van der Waals surface area contributed by atoms with Crippen LogP contribution in [-0.2, 0) is 22.4 Å². The lowest BCUT2D eigenvalue weighted by atomic mass is 9.88. The zero-order chi connectivity index (χ0) is 32.0. The Hall–Kier alpha value is -5.60. The third-order valence-corrected chi connectivity index (χ3v) is 7.28. The van der Waals surface area contributed by atoms with Crippen LogP contribution in [-0.4, -0.2) is 81.3 Å². The number of carboxylic acids is 2. The first-order valence-corrected chi connectivity index (χ1v) is 13.0. The summed E-state index contributed by atoms with van der Waals surface area (Å²) in [5.74, 6) is -6.48. The number of aliphatic hydroxyl groups is 2. The molecule has 14 heteroatoms. The second kappa shape index (κ2) is 11.2.